The molecule has 1 aliphatic heterocycles. The van der Waals surface area contributed by atoms with E-state index in [0.717, 1.165) is 28.8 Å². The van der Waals surface area contributed by atoms with Gasteiger partial charge in [0.1, 0.15) is 0 Å². The zero-order valence-electron chi connectivity index (χ0n) is 18.5. The number of hydrogen-bond acceptors (Lipinski definition) is 4. The third-order valence-corrected chi connectivity index (χ3v) is 6.95. The van der Waals surface area contributed by atoms with Gasteiger partial charge in [-0.25, -0.2) is 13.1 Å². The summed E-state index contributed by atoms with van der Waals surface area (Å²) in [4.78, 5) is 25.9. The monoisotopic (exact) mass is 463 g/mol. The molecule has 170 valence electrons. The topological polar surface area (TPSA) is 95.6 Å². The first-order chi connectivity index (χ1) is 15.7. The van der Waals surface area contributed by atoms with Gasteiger partial charge in [-0.05, 0) is 66.9 Å². The number of carbonyl (C=O) groups is 2. The summed E-state index contributed by atoms with van der Waals surface area (Å²) in [7, 11) is -3.71. The van der Waals surface area contributed by atoms with Crippen molar-refractivity contribution in [2.45, 2.75) is 31.7 Å². The molecule has 0 aliphatic carbocycles. The molecular weight excluding hydrogens is 438 g/mol. The second-order valence-electron chi connectivity index (χ2n) is 8.07. The highest BCUT2D eigenvalue weighted by Gasteiger charge is 2.26. The van der Waals surface area contributed by atoms with E-state index < -0.39 is 10.0 Å². The predicted molar refractivity (Wildman–Crippen MR) is 128 cm³/mol. The molecule has 8 heteroatoms. The Balaban J connectivity index is 1.44. The molecule has 1 aliphatic rings. The Labute approximate surface area is 193 Å². The van der Waals surface area contributed by atoms with E-state index in [9.17, 15) is 18.0 Å². The number of benzene rings is 3. The van der Waals surface area contributed by atoms with Crippen LogP contribution in [0, 0.1) is 6.92 Å². The second kappa shape index (κ2) is 9.17. The van der Waals surface area contributed by atoms with Crippen LogP contribution in [0.4, 0.5) is 11.4 Å². The number of hydrogen-bond donors (Lipinski definition) is 2. The maximum Gasteiger partial charge on any atom is 0.258 e. The number of sulfonamides is 1. The largest absolute Gasteiger partial charge is 0.326 e. The summed E-state index contributed by atoms with van der Waals surface area (Å²) in [5.74, 6) is -0.260. The lowest BCUT2D eigenvalue weighted by molar-refractivity contribution is -0.114. The SMILES string of the molecule is CC(=O)Nc1ccc(S(=O)(=O)NCc2ccc3c(c2)CCN3C(=O)c2ccc(C)cc2)cc1. The number of aryl methyl sites for hydroxylation is 1. The van der Waals surface area contributed by atoms with E-state index in [1.165, 1.54) is 19.1 Å². The van der Waals surface area contributed by atoms with Gasteiger partial charge in [-0.2, -0.15) is 0 Å². The van der Waals surface area contributed by atoms with E-state index in [4.69, 9.17) is 0 Å². The molecule has 1 heterocycles. The number of nitrogens with one attached hydrogen (secondary N) is 2. The highest BCUT2D eigenvalue weighted by atomic mass is 32.2. The molecule has 0 spiro atoms. The number of fused-ring (bicyclic) bond motifs is 1. The van der Waals surface area contributed by atoms with Crippen molar-refractivity contribution < 1.29 is 18.0 Å². The van der Waals surface area contributed by atoms with Crippen molar-refractivity contribution in [2.24, 2.45) is 0 Å². The Hall–Kier alpha value is -3.49. The summed E-state index contributed by atoms with van der Waals surface area (Å²) < 4.78 is 27.9. The number of nitrogens with zero attached hydrogens (tertiary/aromatic N) is 1. The summed E-state index contributed by atoms with van der Waals surface area (Å²) in [6.07, 6.45) is 0.720. The van der Waals surface area contributed by atoms with Crippen LogP contribution in [0.3, 0.4) is 0 Å². The normalized spacial score (nSPS) is 13.0. The van der Waals surface area contributed by atoms with Crippen LogP contribution in [0.2, 0.25) is 0 Å². The molecule has 4 rings (SSSR count). The molecule has 0 fully saturated rings. The fourth-order valence-corrected chi connectivity index (χ4v) is 4.83. The molecule has 0 saturated carbocycles. The van der Waals surface area contributed by atoms with Gasteiger partial charge < -0.3 is 10.2 Å². The highest BCUT2D eigenvalue weighted by Crippen LogP contribution is 2.30. The van der Waals surface area contributed by atoms with E-state index in [1.54, 1.807) is 17.0 Å². The van der Waals surface area contributed by atoms with Gasteiger partial charge in [-0.1, -0.05) is 29.8 Å². The number of anilines is 2. The van der Waals surface area contributed by atoms with Crippen molar-refractivity contribution in [2.75, 3.05) is 16.8 Å². The predicted octanol–water partition coefficient (Wildman–Crippen LogP) is 3.63. The fourth-order valence-electron chi connectivity index (χ4n) is 3.81. The first-order valence-electron chi connectivity index (χ1n) is 10.6. The lowest BCUT2D eigenvalue weighted by atomic mass is 10.1. The molecule has 0 atom stereocenters. The summed E-state index contributed by atoms with van der Waals surface area (Å²) in [6, 6.07) is 19.2. The zero-order chi connectivity index (χ0) is 23.6. The van der Waals surface area contributed by atoms with Gasteiger partial charge in [0, 0.05) is 37.0 Å². The van der Waals surface area contributed by atoms with Gasteiger partial charge >= 0.3 is 0 Å². The number of carbonyl (C=O) groups excluding carboxylic acids is 2. The number of rotatable bonds is 6. The van der Waals surface area contributed by atoms with Gasteiger partial charge in [0.2, 0.25) is 15.9 Å². The molecule has 0 unspecified atom stereocenters. The molecule has 2 N–H and O–H groups in total. The Bertz CT molecular complexity index is 1300. The Morgan fingerprint density at radius 2 is 1.67 bits per heavy atom. The van der Waals surface area contributed by atoms with Crippen molar-refractivity contribution in [1.29, 1.82) is 0 Å². The van der Waals surface area contributed by atoms with Crippen LogP contribution in [0.5, 0.6) is 0 Å². The summed E-state index contributed by atoms with van der Waals surface area (Å²) in [5, 5.41) is 2.61. The lowest BCUT2D eigenvalue weighted by Crippen LogP contribution is -2.28. The molecule has 0 saturated heterocycles. The van der Waals surface area contributed by atoms with E-state index in [2.05, 4.69) is 10.0 Å². The molecule has 0 radical (unpaired) electrons. The second-order valence-corrected chi connectivity index (χ2v) is 9.83. The van der Waals surface area contributed by atoms with Crippen LogP contribution in [0.15, 0.2) is 71.6 Å². The third-order valence-electron chi connectivity index (χ3n) is 5.53. The van der Waals surface area contributed by atoms with Gasteiger partial charge in [0.25, 0.3) is 5.91 Å². The maximum absolute atomic E-state index is 12.9. The van der Waals surface area contributed by atoms with Crippen molar-refractivity contribution >= 4 is 33.2 Å². The fraction of sp³-hybridized carbons (Fsp3) is 0.200. The van der Waals surface area contributed by atoms with E-state index >= 15 is 0 Å². The van der Waals surface area contributed by atoms with Crippen molar-refractivity contribution in [3.05, 3.63) is 89.0 Å². The third kappa shape index (κ3) is 5.13. The Kier molecular flexibility index (Phi) is 6.31. The molecule has 0 bridgehead atoms. The molecule has 3 aromatic rings. The van der Waals surface area contributed by atoms with Crippen LogP contribution in [-0.4, -0.2) is 26.8 Å². The van der Waals surface area contributed by atoms with Crippen LogP contribution in [0.25, 0.3) is 0 Å². The summed E-state index contributed by atoms with van der Waals surface area (Å²) in [5.41, 5.74) is 4.98. The summed E-state index contributed by atoms with van der Waals surface area (Å²) in [6.45, 7) is 4.10. The number of amides is 2. The Morgan fingerprint density at radius 1 is 0.970 bits per heavy atom. The molecule has 0 aromatic heterocycles. The quantitative estimate of drug-likeness (QED) is 0.584. The van der Waals surface area contributed by atoms with E-state index in [-0.39, 0.29) is 23.3 Å². The standard InChI is InChI=1S/C25H25N3O4S/c1-17-3-6-20(7-4-17)25(30)28-14-13-21-15-19(5-12-24(21)28)16-26-33(31,32)23-10-8-22(9-11-23)27-18(2)29/h3-12,15,26H,13-14,16H2,1-2H3,(H,27,29). The van der Waals surface area contributed by atoms with Crippen LogP contribution in [0.1, 0.15) is 34.0 Å². The minimum Gasteiger partial charge on any atom is -0.326 e. The zero-order valence-corrected chi connectivity index (χ0v) is 19.3. The van der Waals surface area contributed by atoms with Crippen molar-refractivity contribution in [1.82, 2.24) is 4.72 Å². The highest BCUT2D eigenvalue weighted by molar-refractivity contribution is 7.89. The Morgan fingerprint density at radius 3 is 2.33 bits per heavy atom. The molecule has 2 amide bonds. The van der Waals surface area contributed by atoms with Gasteiger partial charge in [-0.3, -0.25) is 9.59 Å². The first-order valence-corrected chi connectivity index (χ1v) is 12.1. The van der Waals surface area contributed by atoms with Crippen molar-refractivity contribution in [3.8, 4) is 0 Å². The molecule has 7 nitrogen and oxygen atoms in total. The molecule has 3 aromatic carbocycles. The van der Waals surface area contributed by atoms with Gasteiger partial charge in [0.05, 0.1) is 4.90 Å². The van der Waals surface area contributed by atoms with Gasteiger partial charge in [0.15, 0.2) is 0 Å². The summed E-state index contributed by atoms with van der Waals surface area (Å²) >= 11 is 0. The van der Waals surface area contributed by atoms with Crippen LogP contribution >= 0.6 is 0 Å². The lowest BCUT2D eigenvalue weighted by Gasteiger charge is -2.18. The minimum atomic E-state index is -3.71. The van der Waals surface area contributed by atoms with Crippen LogP contribution < -0.4 is 14.9 Å². The first kappa shape index (κ1) is 22.7. The molecular formula is C25H25N3O4S. The average Bonchev–Trinajstić information content (AvgIpc) is 3.21. The average molecular weight is 464 g/mol. The smallest absolute Gasteiger partial charge is 0.258 e. The molecule has 33 heavy (non-hydrogen) atoms. The maximum atomic E-state index is 12.9. The van der Waals surface area contributed by atoms with E-state index in [0.29, 0.717) is 17.8 Å². The van der Waals surface area contributed by atoms with Crippen molar-refractivity contribution in [3.63, 3.8) is 0 Å². The van der Waals surface area contributed by atoms with Crippen LogP contribution in [-0.2, 0) is 27.8 Å². The minimum absolute atomic E-state index is 0.0371. The van der Waals surface area contributed by atoms with E-state index in [1.807, 2.05) is 49.4 Å². The van der Waals surface area contributed by atoms with Gasteiger partial charge in [-0.15, -0.1) is 0 Å².